The van der Waals surface area contributed by atoms with Crippen molar-refractivity contribution < 1.29 is 0 Å². The molecule has 0 bridgehead atoms. The normalized spacial score (nSPS) is 12.7. The molecule has 0 spiro atoms. The third kappa shape index (κ3) is 2.62. The summed E-state index contributed by atoms with van der Waals surface area (Å²) in [5, 5.41) is 0.722. The number of nitrogen functional groups attached to an aromatic ring is 2. The Kier molecular flexibility index (Phi) is 3.43. The van der Waals surface area contributed by atoms with E-state index in [1.807, 2.05) is 12.3 Å². The monoisotopic (exact) mass is 354 g/mol. The molecule has 4 aromatic rings. The van der Waals surface area contributed by atoms with Gasteiger partial charge in [0.2, 0.25) is 5.95 Å². The zero-order chi connectivity index (χ0) is 18.4. The summed E-state index contributed by atoms with van der Waals surface area (Å²) in [6, 6.07) is 19.0. The second-order valence-electron chi connectivity index (χ2n) is 6.70. The molecule has 27 heavy (non-hydrogen) atoms. The van der Waals surface area contributed by atoms with Gasteiger partial charge in [0, 0.05) is 30.5 Å². The molecule has 0 radical (unpaired) electrons. The predicted octanol–water partition coefficient (Wildman–Crippen LogP) is 3.43. The Balaban J connectivity index is 1.61. The zero-order valence-corrected chi connectivity index (χ0v) is 14.6. The average molecular weight is 354 g/mol. The molecule has 132 valence electrons. The molecule has 0 fully saturated rings. The van der Waals surface area contributed by atoms with Crippen LogP contribution in [0.2, 0.25) is 0 Å². The summed E-state index contributed by atoms with van der Waals surface area (Å²) in [7, 11) is 0. The van der Waals surface area contributed by atoms with Crippen molar-refractivity contribution in [3.8, 4) is 0 Å². The van der Waals surface area contributed by atoms with E-state index < -0.39 is 0 Å². The third-order valence-electron chi connectivity index (χ3n) is 4.94. The molecule has 1 aliphatic heterocycles. The number of para-hydroxylation sites is 2. The van der Waals surface area contributed by atoms with Crippen LogP contribution in [0.3, 0.4) is 0 Å². The standard InChI is InChI=1S/C21H18N6/c22-19-16-9-13(11-24-20(16)26-21(23)25-19)12-27-17-7-3-1-5-14(17)10-15-6-2-4-8-18(15)27/h1-9,11H,10,12H2,(H4,22,23,24,25,26). The van der Waals surface area contributed by atoms with E-state index in [0.29, 0.717) is 18.0 Å². The molecule has 2 aromatic heterocycles. The highest BCUT2D eigenvalue weighted by Gasteiger charge is 2.22. The first-order chi connectivity index (χ1) is 13.2. The van der Waals surface area contributed by atoms with Gasteiger partial charge < -0.3 is 16.4 Å². The van der Waals surface area contributed by atoms with E-state index in [1.54, 1.807) is 0 Å². The fourth-order valence-electron chi connectivity index (χ4n) is 3.72. The van der Waals surface area contributed by atoms with Crippen molar-refractivity contribution in [2.45, 2.75) is 13.0 Å². The quantitative estimate of drug-likeness (QED) is 0.573. The number of fused-ring (bicyclic) bond motifs is 3. The van der Waals surface area contributed by atoms with Crippen LogP contribution in [0.25, 0.3) is 11.0 Å². The highest BCUT2D eigenvalue weighted by Crippen LogP contribution is 2.39. The van der Waals surface area contributed by atoms with Gasteiger partial charge in [-0.3, -0.25) is 0 Å². The predicted molar refractivity (Wildman–Crippen MR) is 108 cm³/mol. The van der Waals surface area contributed by atoms with E-state index in [0.717, 1.165) is 17.4 Å². The Bertz CT molecular complexity index is 1120. The van der Waals surface area contributed by atoms with Crippen LogP contribution in [0, 0.1) is 0 Å². The second kappa shape index (κ2) is 5.95. The molecule has 1 aliphatic rings. The van der Waals surface area contributed by atoms with Gasteiger partial charge in [0.15, 0.2) is 5.65 Å². The van der Waals surface area contributed by atoms with Gasteiger partial charge in [0.1, 0.15) is 5.82 Å². The number of benzene rings is 2. The maximum atomic E-state index is 6.03. The maximum absolute atomic E-state index is 6.03. The van der Waals surface area contributed by atoms with E-state index in [1.165, 1.54) is 22.5 Å². The van der Waals surface area contributed by atoms with Crippen LogP contribution in [-0.2, 0) is 13.0 Å². The maximum Gasteiger partial charge on any atom is 0.224 e. The van der Waals surface area contributed by atoms with Gasteiger partial charge in [-0.05, 0) is 34.9 Å². The number of hydrogen-bond acceptors (Lipinski definition) is 6. The molecule has 0 amide bonds. The summed E-state index contributed by atoms with van der Waals surface area (Å²) in [5.74, 6) is 0.491. The highest BCUT2D eigenvalue weighted by molar-refractivity contribution is 5.86. The Morgan fingerprint density at radius 1 is 0.889 bits per heavy atom. The van der Waals surface area contributed by atoms with Gasteiger partial charge in [-0.1, -0.05) is 36.4 Å². The van der Waals surface area contributed by atoms with Crippen molar-refractivity contribution >= 4 is 34.2 Å². The van der Waals surface area contributed by atoms with Crippen LogP contribution in [0.15, 0.2) is 60.8 Å². The SMILES string of the molecule is Nc1nc(N)c2cc(CN3c4ccccc4Cc4ccccc43)cnc2n1. The fourth-order valence-corrected chi connectivity index (χ4v) is 3.72. The highest BCUT2D eigenvalue weighted by atomic mass is 15.1. The molecule has 0 aliphatic carbocycles. The van der Waals surface area contributed by atoms with E-state index in [-0.39, 0.29) is 5.95 Å². The van der Waals surface area contributed by atoms with E-state index in [9.17, 15) is 0 Å². The Labute approximate surface area is 156 Å². The van der Waals surface area contributed by atoms with E-state index in [4.69, 9.17) is 11.5 Å². The summed E-state index contributed by atoms with van der Waals surface area (Å²) in [5.41, 5.74) is 18.3. The lowest BCUT2D eigenvalue weighted by Gasteiger charge is -2.33. The van der Waals surface area contributed by atoms with Gasteiger partial charge in [-0.25, -0.2) is 4.98 Å². The van der Waals surface area contributed by atoms with Gasteiger partial charge in [-0.15, -0.1) is 0 Å². The van der Waals surface area contributed by atoms with Crippen molar-refractivity contribution in [1.29, 1.82) is 0 Å². The van der Waals surface area contributed by atoms with Gasteiger partial charge in [-0.2, -0.15) is 9.97 Å². The molecular weight excluding hydrogens is 336 g/mol. The molecule has 3 heterocycles. The molecule has 0 unspecified atom stereocenters. The van der Waals surface area contributed by atoms with Crippen molar-refractivity contribution in [2.24, 2.45) is 0 Å². The van der Waals surface area contributed by atoms with Crippen LogP contribution in [0.4, 0.5) is 23.1 Å². The molecule has 4 N–H and O–H groups in total. The number of pyridine rings is 1. The number of hydrogen-bond donors (Lipinski definition) is 2. The number of anilines is 4. The van der Waals surface area contributed by atoms with E-state index >= 15 is 0 Å². The molecule has 2 aromatic carbocycles. The van der Waals surface area contributed by atoms with Crippen molar-refractivity contribution in [2.75, 3.05) is 16.4 Å². The van der Waals surface area contributed by atoms with Crippen molar-refractivity contribution in [3.63, 3.8) is 0 Å². The topological polar surface area (TPSA) is 93.9 Å². The minimum Gasteiger partial charge on any atom is -0.383 e. The van der Waals surface area contributed by atoms with E-state index in [2.05, 4.69) is 68.4 Å². The van der Waals surface area contributed by atoms with Crippen LogP contribution in [0.5, 0.6) is 0 Å². The third-order valence-corrected chi connectivity index (χ3v) is 4.94. The number of nitrogens with zero attached hydrogens (tertiary/aromatic N) is 4. The summed E-state index contributed by atoms with van der Waals surface area (Å²) >= 11 is 0. The minimum absolute atomic E-state index is 0.138. The Morgan fingerprint density at radius 3 is 2.26 bits per heavy atom. The lowest BCUT2D eigenvalue weighted by atomic mass is 9.95. The summed E-state index contributed by atoms with van der Waals surface area (Å²) in [6.45, 7) is 0.681. The Hall–Kier alpha value is -3.67. The summed E-state index contributed by atoms with van der Waals surface area (Å²) in [4.78, 5) is 15.0. The van der Waals surface area contributed by atoms with Gasteiger partial charge >= 0.3 is 0 Å². The largest absolute Gasteiger partial charge is 0.383 e. The zero-order valence-electron chi connectivity index (χ0n) is 14.6. The minimum atomic E-state index is 0.138. The molecular formula is C21H18N6. The van der Waals surface area contributed by atoms with Crippen LogP contribution < -0.4 is 16.4 Å². The lowest BCUT2D eigenvalue weighted by Crippen LogP contribution is -2.23. The van der Waals surface area contributed by atoms with Crippen LogP contribution in [0.1, 0.15) is 16.7 Å². The van der Waals surface area contributed by atoms with Crippen LogP contribution >= 0.6 is 0 Å². The van der Waals surface area contributed by atoms with Crippen molar-refractivity contribution in [3.05, 3.63) is 77.5 Å². The number of nitrogens with two attached hydrogens (primary N) is 2. The van der Waals surface area contributed by atoms with Gasteiger partial charge in [0.05, 0.1) is 5.39 Å². The summed E-state index contributed by atoms with van der Waals surface area (Å²) in [6.07, 6.45) is 2.77. The van der Waals surface area contributed by atoms with Gasteiger partial charge in [0.25, 0.3) is 0 Å². The summed E-state index contributed by atoms with van der Waals surface area (Å²) < 4.78 is 0. The average Bonchev–Trinajstić information content (AvgIpc) is 2.68. The fraction of sp³-hybridized carbons (Fsp3) is 0.0952. The number of aromatic nitrogens is 3. The lowest BCUT2D eigenvalue weighted by molar-refractivity contribution is 0.921. The van der Waals surface area contributed by atoms with Crippen molar-refractivity contribution in [1.82, 2.24) is 15.0 Å². The van der Waals surface area contributed by atoms with Crippen LogP contribution in [-0.4, -0.2) is 15.0 Å². The second-order valence-corrected chi connectivity index (χ2v) is 6.70. The molecule has 0 saturated carbocycles. The first kappa shape index (κ1) is 15.6. The molecule has 6 heteroatoms. The molecule has 5 rings (SSSR count). The number of rotatable bonds is 2. The first-order valence-electron chi connectivity index (χ1n) is 8.80. The first-order valence-corrected chi connectivity index (χ1v) is 8.80. The Morgan fingerprint density at radius 2 is 1.56 bits per heavy atom. The molecule has 0 atom stereocenters. The smallest absolute Gasteiger partial charge is 0.224 e. The molecule has 0 saturated heterocycles. The molecule has 6 nitrogen and oxygen atoms in total.